The minimum absolute atomic E-state index is 0.138. The molecule has 0 atom stereocenters. The number of nitrogens with zero attached hydrogens (tertiary/aromatic N) is 2. The summed E-state index contributed by atoms with van der Waals surface area (Å²) in [5, 5.41) is 6.11. The summed E-state index contributed by atoms with van der Waals surface area (Å²) in [5.74, 6) is -3.39. The highest BCUT2D eigenvalue weighted by Crippen LogP contribution is 2.14. The number of hydrogen-bond acceptors (Lipinski definition) is 4. The van der Waals surface area contributed by atoms with Crippen LogP contribution in [0, 0.1) is 11.6 Å². The number of halogens is 2. The Morgan fingerprint density at radius 3 is 2.62 bits per heavy atom. The van der Waals surface area contributed by atoms with Gasteiger partial charge in [-0.05, 0) is 12.1 Å². The molecule has 2 rings (SSSR count). The van der Waals surface area contributed by atoms with Crippen molar-refractivity contribution < 1.29 is 23.1 Å². The van der Waals surface area contributed by atoms with E-state index in [0.29, 0.717) is 0 Å². The van der Waals surface area contributed by atoms with Crippen molar-refractivity contribution in [3.8, 4) is 0 Å². The second-order valence-corrected chi connectivity index (χ2v) is 4.05. The summed E-state index contributed by atoms with van der Waals surface area (Å²) in [5.41, 5.74) is -0.482. The lowest BCUT2D eigenvalue weighted by Crippen LogP contribution is -2.15. The Hall–Kier alpha value is -2.77. The highest BCUT2D eigenvalue weighted by molar-refractivity contribution is 6.04. The van der Waals surface area contributed by atoms with Gasteiger partial charge in [-0.25, -0.2) is 8.78 Å². The number of nitrogens with one attached hydrogen (secondary N) is 1. The molecule has 6 nitrogen and oxygen atoms in total. The average molecular weight is 295 g/mol. The molecule has 8 heteroatoms. The van der Waals surface area contributed by atoms with E-state index in [9.17, 15) is 18.4 Å². The summed E-state index contributed by atoms with van der Waals surface area (Å²) < 4.78 is 32.6. The van der Waals surface area contributed by atoms with Crippen molar-refractivity contribution in [3.63, 3.8) is 0 Å². The largest absolute Gasteiger partial charge is 0.468 e. The van der Waals surface area contributed by atoms with Gasteiger partial charge in [0.2, 0.25) is 0 Å². The van der Waals surface area contributed by atoms with Gasteiger partial charge in [-0.1, -0.05) is 6.07 Å². The molecule has 1 aromatic heterocycles. The summed E-state index contributed by atoms with van der Waals surface area (Å²) in [6.45, 7) is -0.138. The fourth-order valence-corrected chi connectivity index (χ4v) is 1.62. The fraction of sp³-hybridized carbons (Fsp3) is 0.154. The van der Waals surface area contributed by atoms with Crippen molar-refractivity contribution in [1.29, 1.82) is 0 Å². The zero-order valence-electron chi connectivity index (χ0n) is 11.0. The fourth-order valence-electron chi connectivity index (χ4n) is 1.62. The van der Waals surface area contributed by atoms with E-state index >= 15 is 0 Å². The summed E-state index contributed by atoms with van der Waals surface area (Å²) in [7, 11) is 1.23. The second kappa shape index (κ2) is 6.12. The molecule has 110 valence electrons. The van der Waals surface area contributed by atoms with Crippen LogP contribution >= 0.6 is 0 Å². The number of benzene rings is 1. The van der Waals surface area contributed by atoms with Gasteiger partial charge in [-0.15, -0.1) is 0 Å². The van der Waals surface area contributed by atoms with Crippen LogP contribution in [0.3, 0.4) is 0 Å². The summed E-state index contributed by atoms with van der Waals surface area (Å²) in [6.07, 6.45) is 2.59. The van der Waals surface area contributed by atoms with Crippen molar-refractivity contribution in [3.05, 3.63) is 47.8 Å². The number of ether oxygens (including phenoxy) is 1. The van der Waals surface area contributed by atoms with Gasteiger partial charge >= 0.3 is 5.97 Å². The number of amides is 1. The summed E-state index contributed by atoms with van der Waals surface area (Å²) in [6, 6.07) is 3.13. The first-order chi connectivity index (χ1) is 10.0. The summed E-state index contributed by atoms with van der Waals surface area (Å²) >= 11 is 0. The molecule has 21 heavy (non-hydrogen) atoms. The van der Waals surface area contributed by atoms with E-state index in [1.807, 2.05) is 0 Å². The number of hydrogen-bond donors (Lipinski definition) is 1. The zero-order chi connectivity index (χ0) is 15.4. The van der Waals surface area contributed by atoms with Crippen LogP contribution in [-0.2, 0) is 16.1 Å². The standard InChI is InChI=1S/C13H11F2N3O3/c1-21-11(19)7-18-6-8(5-16-18)17-13(20)12-9(14)3-2-4-10(12)15/h2-6H,7H2,1H3,(H,17,20). The Morgan fingerprint density at radius 2 is 2.00 bits per heavy atom. The Bertz CT molecular complexity index is 665. The van der Waals surface area contributed by atoms with E-state index in [-0.39, 0.29) is 12.2 Å². The predicted octanol–water partition coefficient (Wildman–Crippen LogP) is 1.59. The van der Waals surface area contributed by atoms with Crippen molar-refractivity contribution in [2.75, 3.05) is 12.4 Å². The van der Waals surface area contributed by atoms with Crippen LogP contribution in [0.1, 0.15) is 10.4 Å². The smallest absolute Gasteiger partial charge is 0.327 e. The van der Waals surface area contributed by atoms with Gasteiger partial charge in [0.15, 0.2) is 0 Å². The third kappa shape index (κ3) is 3.41. The van der Waals surface area contributed by atoms with Crippen LogP contribution in [-0.4, -0.2) is 28.8 Å². The van der Waals surface area contributed by atoms with Crippen LogP contribution in [0.5, 0.6) is 0 Å². The molecule has 0 saturated heterocycles. The van der Waals surface area contributed by atoms with E-state index in [1.165, 1.54) is 24.2 Å². The molecule has 0 saturated carbocycles. The monoisotopic (exact) mass is 295 g/mol. The van der Waals surface area contributed by atoms with Gasteiger partial charge in [0.25, 0.3) is 5.91 Å². The lowest BCUT2D eigenvalue weighted by atomic mass is 10.2. The molecular formula is C13H11F2N3O3. The number of rotatable bonds is 4. The van der Waals surface area contributed by atoms with Crippen LogP contribution in [0.15, 0.2) is 30.6 Å². The second-order valence-electron chi connectivity index (χ2n) is 4.05. The molecule has 0 aliphatic rings. The van der Waals surface area contributed by atoms with E-state index < -0.39 is 29.1 Å². The maximum Gasteiger partial charge on any atom is 0.327 e. The number of carbonyl (C=O) groups excluding carboxylic acids is 2. The molecule has 0 radical (unpaired) electrons. The molecule has 0 unspecified atom stereocenters. The SMILES string of the molecule is COC(=O)Cn1cc(NC(=O)c2c(F)cccc2F)cn1. The molecular weight excluding hydrogens is 284 g/mol. The van der Waals surface area contributed by atoms with Crippen molar-refractivity contribution in [1.82, 2.24) is 9.78 Å². The number of esters is 1. The highest BCUT2D eigenvalue weighted by Gasteiger charge is 2.17. The quantitative estimate of drug-likeness (QED) is 0.869. The zero-order valence-corrected chi connectivity index (χ0v) is 11.0. The molecule has 2 aromatic rings. The first-order valence-corrected chi connectivity index (χ1v) is 5.86. The molecule has 1 heterocycles. The molecule has 1 aromatic carbocycles. The molecule has 1 N–H and O–H groups in total. The lowest BCUT2D eigenvalue weighted by molar-refractivity contribution is -0.141. The molecule has 0 aliphatic heterocycles. The Morgan fingerprint density at radius 1 is 1.33 bits per heavy atom. The minimum atomic E-state index is -0.963. The Labute approximate surface area is 118 Å². The highest BCUT2D eigenvalue weighted by atomic mass is 19.1. The average Bonchev–Trinajstić information content (AvgIpc) is 2.85. The molecule has 0 spiro atoms. The van der Waals surface area contributed by atoms with Crippen LogP contribution in [0.4, 0.5) is 14.5 Å². The van der Waals surface area contributed by atoms with E-state index in [0.717, 1.165) is 18.2 Å². The minimum Gasteiger partial charge on any atom is -0.468 e. The van der Waals surface area contributed by atoms with Gasteiger partial charge in [0, 0.05) is 6.20 Å². The normalized spacial score (nSPS) is 10.2. The third-order valence-electron chi connectivity index (χ3n) is 2.60. The number of aromatic nitrogens is 2. The van der Waals surface area contributed by atoms with Gasteiger partial charge < -0.3 is 10.1 Å². The van der Waals surface area contributed by atoms with E-state index in [4.69, 9.17) is 0 Å². The van der Waals surface area contributed by atoms with Gasteiger partial charge in [-0.2, -0.15) is 5.10 Å². The molecule has 0 fully saturated rings. The van der Waals surface area contributed by atoms with Crippen LogP contribution < -0.4 is 5.32 Å². The van der Waals surface area contributed by atoms with E-state index in [1.54, 1.807) is 0 Å². The number of anilines is 1. The predicted molar refractivity (Wildman–Crippen MR) is 68.6 cm³/mol. The molecule has 0 aliphatic carbocycles. The van der Waals surface area contributed by atoms with Gasteiger partial charge in [-0.3, -0.25) is 14.3 Å². The number of methoxy groups -OCH3 is 1. The van der Waals surface area contributed by atoms with E-state index in [2.05, 4.69) is 15.2 Å². The van der Waals surface area contributed by atoms with Crippen molar-refractivity contribution >= 4 is 17.6 Å². The van der Waals surface area contributed by atoms with Gasteiger partial charge in [0.1, 0.15) is 23.7 Å². The van der Waals surface area contributed by atoms with Crippen LogP contribution in [0.25, 0.3) is 0 Å². The Kier molecular flexibility index (Phi) is 4.27. The number of carbonyl (C=O) groups is 2. The Balaban J connectivity index is 2.12. The summed E-state index contributed by atoms with van der Waals surface area (Å²) in [4.78, 5) is 22.9. The maximum absolute atomic E-state index is 13.4. The maximum atomic E-state index is 13.4. The first kappa shape index (κ1) is 14.6. The van der Waals surface area contributed by atoms with Gasteiger partial charge in [0.05, 0.1) is 19.0 Å². The van der Waals surface area contributed by atoms with Crippen molar-refractivity contribution in [2.45, 2.75) is 6.54 Å². The molecule has 0 bridgehead atoms. The van der Waals surface area contributed by atoms with Crippen LogP contribution in [0.2, 0.25) is 0 Å². The molecule has 1 amide bonds. The van der Waals surface area contributed by atoms with Crippen molar-refractivity contribution in [2.24, 2.45) is 0 Å². The first-order valence-electron chi connectivity index (χ1n) is 5.86. The lowest BCUT2D eigenvalue weighted by Gasteiger charge is -2.04. The topological polar surface area (TPSA) is 73.2 Å². The third-order valence-corrected chi connectivity index (χ3v) is 2.60.